The van der Waals surface area contributed by atoms with Gasteiger partial charge in [0.15, 0.2) is 0 Å². The molecule has 2 saturated carbocycles. The molecule has 2 rings (SSSR count). The Bertz CT molecular complexity index is 430. The average Bonchev–Trinajstić information content (AvgIpc) is 2.40. The van der Waals surface area contributed by atoms with E-state index in [1.165, 1.54) is 0 Å². The molecule has 2 N–H and O–H groups in total. The Morgan fingerprint density at radius 2 is 0.810 bits per heavy atom. The average molecular weight is 466 g/mol. The third kappa shape index (κ3) is 9.31. The molecule has 0 atom stereocenters. The van der Waals surface area contributed by atoms with Gasteiger partial charge in [0.05, 0.1) is 10.5 Å². The minimum atomic E-state index is -3.73. The van der Waals surface area contributed by atoms with Crippen LogP contribution in [-0.2, 0) is 20.2 Å². The normalized spacial score (nSPS) is 21.8. The first-order valence-electron chi connectivity index (χ1n) is 7.14. The van der Waals surface area contributed by atoms with Crippen LogP contribution in [0.1, 0.15) is 64.2 Å². The zero-order valence-corrected chi connectivity index (χ0v) is 18.4. The van der Waals surface area contributed by atoms with Crippen molar-refractivity contribution in [3.8, 4) is 0 Å². The summed E-state index contributed by atoms with van der Waals surface area (Å²) in [6.45, 7) is 0. The van der Waals surface area contributed by atoms with Gasteiger partial charge >= 0.3 is 0 Å². The zero-order valence-electron chi connectivity index (χ0n) is 12.3. The molecule has 6 nitrogen and oxygen atoms in total. The molecule has 2 aliphatic carbocycles. The van der Waals surface area contributed by atoms with E-state index in [1.807, 2.05) is 0 Å². The van der Waals surface area contributed by atoms with Crippen LogP contribution in [0.25, 0.3) is 0 Å². The molecular weight excluding hydrogens is 442 g/mol. The molecule has 9 heteroatoms. The Labute approximate surface area is 168 Å². The van der Waals surface area contributed by atoms with Crippen molar-refractivity contribution < 1.29 is 25.9 Å². The second kappa shape index (κ2) is 10.3. The van der Waals surface area contributed by atoms with E-state index < -0.39 is 30.7 Å². The maximum Gasteiger partial charge on any atom is 0.267 e. The van der Waals surface area contributed by atoms with Crippen LogP contribution in [0.15, 0.2) is 0 Å². The number of hydrogen-bond donors (Lipinski definition) is 2. The Balaban J connectivity index is 0.000000364. The molecule has 0 aromatic heterocycles. The monoisotopic (exact) mass is 466 g/mol. The molecule has 2 fully saturated rings. The van der Waals surface area contributed by atoms with E-state index in [0.717, 1.165) is 38.5 Å². The summed E-state index contributed by atoms with van der Waals surface area (Å²) >= 11 is 0. The second-order valence-electron chi connectivity index (χ2n) is 5.55. The van der Waals surface area contributed by atoms with Gasteiger partial charge in [-0.05, 0) is 25.7 Å². The van der Waals surface area contributed by atoms with Crippen molar-refractivity contribution in [2.75, 3.05) is 0 Å². The van der Waals surface area contributed by atoms with Crippen LogP contribution in [0.5, 0.6) is 0 Å². The topological polar surface area (TPSA) is 109 Å². The fourth-order valence-electron chi connectivity index (χ4n) is 2.73. The van der Waals surface area contributed by atoms with Crippen molar-refractivity contribution >= 4 is 69.1 Å². The van der Waals surface area contributed by atoms with Crippen LogP contribution in [0, 0.1) is 0 Å². The van der Waals surface area contributed by atoms with E-state index in [1.54, 1.807) is 0 Å². The third-order valence-corrected chi connectivity index (χ3v) is 6.57. The molecule has 0 aromatic carbocycles. The van der Waals surface area contributed by atoms with Gasteiger partial charge in [-0.15, -0.1) is 0 Å². The van der Waals surface area contributed by atoms with Crippen molar-refractivity contribution in [3.05, 3.63) is 0 Å². The predicted octanol–water partition coefficient (Wildman–Crippen LogP) is 2.03. The molecule has 2 radical (unpaired) electrons. The fraction of sp³-hybridized carbons (Fsp3) is 1.00. The zero-order chi connectivity index (χ0) is 15.2. The van der Waals surface area contributed by atoms with Gasteiger partial charge in [-0.1, -0.05) is 38.5 Å². The standard InChI is InChI=1S/2C6H12O3S.Ba/c2*7-10(8,9)6-4-2-1-3-5-6;/h2*6H,1-5H2,(H,7,8,9);. The van der Waals surface area contributed by atoms with Crippen LogP contribution in [0.3, 0.4) is 0 Å². The Kier molecular flexibility index (Phi) is 11.0. The molecule has 0 heterocycles. The molecule has 0 spiro atoms. The molecule has 0 unspecified atom stereocenters. The van der Waals surface area contributed by atoms with Gasteiger partial charge in [-0.2, -0.15) is 16.8 Å². The van der Waals surface area contributed by atoms with Crippen LogP contribution < -0.4 is 0 Å². The van der Waals surface area contributed by atoms with E-state index in [9.17, 15) is 16.8 Å². The second-order valence-corrected chi connectivity index (χ2v) is 8.94. The van der Waals surface area contributed by atoms with Gasteiger partial charge in [0.25, 0.3) is 20.2 Å². The summed E-state index contributed by atoms with van der Waals surface area (Å²) in [6, 6.07) is 0. The molecule has 0 amide bonds. The van der Waals surface area contributed by atoms with Crippen molar-refractivity contribution in [3.63, 3.8) is 0 Å². The summed E-state index contributed by atoms with van der Waals surface area (Å²) in [5.74, 6) is 0. The van der Waals surface area contributed by atoms with Crippen molar-refractivity contribution in [2.45, 2.75) is 74.7 Å². The maximum atomic E-state index is 10.5. The molecule has 0 saturated heterocycles. The van der Waals surface area contributed by atoms with Gasteiger partial charge < -0.3 is 0 Å². The SMILES string of the molecule is O=S(=O)(O)C1CCCCC1.O=S(=O)(O)C1CCCCC1.[Ba]. The molecule has 2 aliphatic rings. The molecule has 122 valence electrons. The van der Waals surface area contributed by atoms with Gasteiger partial charge in [0.1, 0.15) is 0 Å². The molecule has 0 aromatic rings. The van der Waals surface area contributed by atoms with Gasteiger partial charge in [-0.3, -0.25) is 9.11 Å². The molecule has 0 aliphatic heterocycles. The fourth-order valence-corrected chi connectivity index (χ4v) is 4.58. The first kappa shape index (κ1) is 22.4. The molecule has 0 bridgehead atoms. The quantitative estimate of drug-likeness (QED) is 0.477. The van der Waals surface area contributed by atoms with Crippen LogP contribution in [0.2, 0.25) is 0 Å². The van der Waals surface area contributed by atoms with Crippen molar-refractivity contribution in [1.29, 1.82) is 0 Å². The molecule has 21 heavy (non-hydrogen) atoms. The van der Waals surface area contributed by atoms with Crippen LogP contribution in [0.4, 0.5) is 0 Å². The summed E-state index contributed by atoms with van der Waals surface area (Å²) in [6.07, 6.45) is 8.50. The van der Waals surface area contributed by atoms with Gasteiger partial charge in [0.2, 0.25) is 0 Å². The van der Waals surface area contributed by atoms with Crippen LogP contribution >= 0.6 is 0 Å². The van der Waals surface area contributed by atoms with E-state index in [0.29, 0.717) is 25.7 Å². The molecular formula is C12H24BaO6S2. The first-order chi connectivity index (χ1) is 9.21. The first-order valence-corrected chi connectivity index (χ1v) is 10.1. The van der Waals surface area contributed by atoms with Crippen molar-refractivity contribution in [1.82, 2.24) is 0 Å². The smallest absolute Gasteiger partial charge is 0.267 e. The number of hydrogen-bond acceptors (Lipinski definition) is 4. The predicted molar refractivity (Wildman–Crippen MR) is 82.6 cm³/mol. The van der Waals surface area contributed by atoms with E-state index in [2.05, 4.69) is 0 Å². The summed E-state index contributed by atoms with van der Waals surface area (Å²) in [5.41, 5.74) is 0. The summed E-state index contributed by atoms with van der Waals surface area (Å²) in [7, 11) is -7.45. The Hall–Kier alpha value is 1.39. The summed E-state index contributed by atoms with van der Waals surface area (Å²) in [4.78, 5) is 0. The van der Waals surface area contributed by atoms with Crippen LogP contribution in [-0.4, -0.2) is 85.3 Å². The largest absolute Gasteiger partial charge is 0.285 e. The third-order valence-electron chi connectivity index (χ3n) is 3.95. The van der Waals surface area contributed by atoms with Gasteiger partial charge in [0, 0.05) is 48.9 Å². The summed E-state index contributed by atoms with van der Waals surface area (Å²) < 4.78 is 59.4. The van der Waals surface area contributed by atoms with E-state index in [4.69, 9.17) is 9.11 Å². The summed E-state index contributed by atoms with van der Waals surface area (Å²) in [5, 5.41) is -0.942. The van der Waals surface area contributed by atoms with E-state index in [-0.39, 0.29) is 48.9 Å². The number of rotatable bonds is 2. The Morgan fingerprint density at radius 1 is 0.571 bits per heavy atom. The van der Waals surface area contributed by atoms with E-state index >= 15 is 0 Å². The minimum absolute atomic E-state index is 0. The van der Waals surface area contributed by atoms with Crippen molar-refractivity contribution in [2.24, 2.45) is 0 Å². The minimum Gasteiger partial charge on any atom is -0.285 e. The van der Waals surface area contributed by atoms with Gasteiger partial charge in [-0.25, -0.2) is 0 Å². The maximum absolute atomic E-state index is 10.5. The Morgan fingerprint density at radius 3 is 0.952 bits per heavy atom.